The highest BCUT2D eigenvalue weighted by molar-refractivity contribution is 7.13. The van der Waals surface area contributed by atoms with Crippen LogP contribution in [0.3, 0.4) is 0 Å². The molecule has 3 aromatic rings. The Labute approximate surface area is 124 Å². The Morgan fingerprint density at radius 1 is 1.18 bits per heavy atom. The van der Waals surface area contributed by atoms with Gasteiger partial charge in [-0.2, -0.15) is 13.2 Å². The zero-order valence-corrected chi connectivity index (χ0v) is 11.4. The minimum absolute atomic E-state index is 0.195. The third kappa shape index (κ3) is 2.86. The molecule has 0 radical (unpaired) electrons. The number of carbonyl (C=O) groups excluding carboxylic acids is 1. The molecule has 0 aromatic carbocycles. The maximum absolute atomic E-state index is 12.4. The molecule has 0 atom stereocenters. The molecule has 0 fully saturated rings. The first-order chi connectivity index (χ1) is 10.4. The molecule has 0 unspecified atom stereocenters. The second-order valence-electron chi connectivity index (χ2n) is 4.01. The monoisotopic (exact) mass is 329 g/mol. The highest BCUT2D eigenvalue weighted by Gasteiger charge is 2.35. The van der Waals surface area contributed by atoms with E-state index < -0.39 is 23.6 Å². The molecule has 0 aliphatic heterocycles. The maximum atomic E-state index is 12.4. The molecule has 0 aliphatic carbocycles. The van der Waals surface area contributed by atoms with Gasteiger partial charge in [0.05, 0.1) is 4.88 Å². The number of halogens is 3. The molecule has 1 N–H and O–H groups in total. The summed E-state index contributed by atoms with van der Waals surface area (Å²) >= 11 is 1.36. The molecule has 0 saturated carbocycles. The quantitative estimate of drug-likeness (QED) is 0.793. The predicted molar refractivity (Wildman–Crippen MR) is 69.3 cm³/mol. The lowest BCUT2D eigenvalue weighted by molar-refractivity contribution is -0.153. The van der Waals surface area contributed by atoms with Crippen molar-refractivity contribution in [3.05, 3.63) is 41.2 Å². The van der Waals surface area contributed by atoms with E-state index in [9.17, 15) is 18.0 Å². The number of thiophene rings is 1. The van der Waals surface area contributed by atoms with Gasteiger partial charge in [-0.3, -0.25) is 10.1 Å². The largest absolute Gasteiger partial charge is 0.449 e. The van der Waals surface area contributed by atoms with Crippen molar-refractivity contribution in [3.8, 4) is 10.8 Å². The molecule has 0 spiro atoms. The molecule has 0 aliphatic rings. The Bertz CT molecular complexity index is 792. The Hall–Kier alpha value is -2.62. The number of amides is 1. The zero-order chi connectivity index (χ0) is 15.7. The van der Waals surface area contributed by atoms with Crippen molar-refractivity contribution in [2.75, 3.05) is 5.32 Å². The van der Waals surface area contributed by atoms with Crippen molar-refractivity contribution < 1.29 is 26.8 Å². The third-order valence-electron chi connectivity index (χ3n) is 2.49. The van der Waals surface area contributed by atoms with E-state index in [0.717, 1.165) is 6.07 Å². The number of hydrogen-bond donors (Lipinski definition) is 1. The fourth-order valence-corrected chi connectivity index (χ4v) is 2.19. The summed E-state index contributed by atoms with van der Waals surface area (Å²) in [5.41, 5.74) is 0. The summed E-state index contributed by atoms with van der Waals surface area (Å²) in [5.74, 6) is -2.50. The second kappa shape index (κ2) is 5.30. The standard InChI is InChI=1S/C12H6F3N3O3S/c13-12(14,15)8-4-3-6(20-8)9(19)16-11-18-17-10(21-11)7-2-1-5-22-7/h1-5H,(H,16,18,19). The fraction of sp³-hybridized carbons (Fsp3) is 0.0833. The lowest BCUT2D eigenvalue weighted by atomic mass is 10.4. The van der Waals surface area contributed by atoms with Gasteiger partial charge in [-0.15, -0.1) is 16.4 Å². The van der Waals surface area contributed by atoms with Gasteiger partial charge in [0.2, 0.25) is 5.76 Å². The Morgan fingerprint density at radius 3 is 2.64 bits per heavy atom. The molecule has 0 bridgehead atoms. The Morgan fingerprint density at radius 2 is 2.00 bits per heavy atom. The number of anilines is 1. The summed E-state index contributed by atoms with van der Waals surface area (Å²) in [6, 6.07) is 4.86. The van der Waals surface area contributed by atoms with Crippen molar-refractivity contribution in [1.82, 2.24) is 10.2 Å². The van der Waals surface area contributed by atoms with Crippen molar-refractivity contribution in [1.29, 1.82) is 0 Å². The van der Waals surface area contributed by atoms with Crippen LogP contribution < -0.4 is 5.32 Å². The van der Waals surface area contributed by atoms with E-state index in [1.807, 2.05) is 0 Å². The summed E-state index contributed by atoms with van der Waals surface area (Å²) < 4.78 is 46.8. The summed E-state index contributed by atoms with van der Waals surface area (Å²) in [4.78, 5) is 12.5. The average molecular weight is 329 g/mol. The third-order valence-corrected chi connectivity index (χ3v) is 3.34. The van der Waals surface area contributed by atoms with Crippen molar-refractivity contribution in [2.45, 2.75) is 6.18 Å². The Kier molecular flexibility index (Phi) is 3.45. The topological polar surface area (TPSA) is 81.2 Å². The molecular weight excluding hydrogens is 323 g/mol. The molecule has 3 heterocycles. The Balaban J connectivity index is 1.73. The number of nitrogens with zero attached hydrogens (tertiary/aromatic N) is 2. The van der Waals surface area contributed by atoms with Gasteiger partial charge in [0.25, 0.3) is 11.8 Å². The molecule has 3 rings (SSSR count). The van der Waals surface area contributed by atoms with Crippen LogP contribution in [0.15, 0.2) is 38.5 Å². The molecule has 6 nitrogen and oxygen atoms in total. The number of rotatable bonds is 3. The van der Waals surface area contributed by atoms with Crippen molar-refractivity contribution in [3.63, 3.8) is 0 Å². The van der Waals surface area contributed by atoms with Gasteiger partial charge in [-0.05, 0) is 23.6 Å². The first-order valence-corrected chi connectivity index (χ1v) is 6.67. The number of alkyl halides is 3. The maximum Gasteiger partial charge on any atom is 0.449 e. The molecule has 0 saturated heterocycles. The summed E-state index contributed by atoms with van der Waals surface area (Å²) in [6.45, 7) is 0. The molecular formula is C12H6F3N3O3S. The lowest BCUT2D eigenvalue weighted by Crippen LogP contribution is -2.11. The van der Waals surface area contributed by atoms with Crippen molar-refractivity contribution in [2.24, 2.45) is 0 Å². The first-order valence-electron chi connectivity index (χ1n) is 5.79. The van der Waals surface area contributed by atoms with E-state index in [1.54, 1.807) is 17.5 Å². The van der Waals surface area contributed by atoms with Crippen molar-refractivity contribution >= 4 is 23.3 Å². The molecule has 22 heavy (non-hydrogen) atoms. The normalized spacial score (nSPS) is 11.6. The minimum atomic E-state index is -4.66. The van der Waals surface area contributed by atoms with Crippen LogP contribution >= 0.6 is 11.3 Å². The zero-order valence-electron chi connectivity index (χ0n) is 10.5. The minimum Gasteiger partial charge on any atom is -0.446 e. The average Bonchev–Trinajstić information content (AvgIpc) is 3.19. The van der Waals surface area contributed by atoms with E-state index in [2.05, 4.69) is 19.9 Å². The van der Waals surface area contributed by atoms with E-state index in [4.69, 9.17) is 4.42 Å². The van der Waals surface area contributed by atoms with Gasteiger partial charge in [-0.1, -0.05) is 11.2 Å². The number of nitrogens with one attached hydrogen (secondary N) is 1. The summed E-state index contributed by atoms with van der Waals surface area (Å²) in [6.07, 6.45) is -4.66. The van der Waals surface area contributed by atoms with Crippen LogP contribution in [0.4, 0.5) is 19.2 Å². The summed E-state index contributed by atoms with van der Waals surface area (Å²) in [7, 11) is 0. The van der Waals surface area contributed by atoms with Gasteiger partial charge in [0.1, 0.15) is 0 Å². The van der Waals surface area contributed by atoms with Crippen LogP contribution in [0.2, 0.25) is 0 Å². The van der Waals surface area contributed by atoms with Crippen LogP contribution in [0.25, 0.3) is 10.8 Å². The highest BCUT2D eigenvalue weighted by atomic mass is 32.1. The van der Waals surface area contributed by atoms with Crippen LogP contribution in [-0.2, 0) is 6.18 Å². The smallest absolute Gasteiger partial charge is 0.446 e. The van der Waals surface area contributed by atoms with E-state index >= 15 is 0 Å². The van der Waals surface area contributed by atoms with Crippen LogP contribution in [0.5, 0.6) is 0 Å². The second-order valence-corrected chi connectivity index (χ2v) is 4.95. The molecule has 10 heteroatoms. The lowest BCUT2D eigenvalue weighted by Gasteiger charge is -2.00. The van der Waals surface area contributed by atoms with Gasteiger partial charge >= 0.3 is 12.2 Å². The van der Waals surface area contributed by atoms with Gasteiger partial charge in [0.15, 0.2) is 5.76 Å². The van der Waals surface area contributed by atoms with E-state index in [-0.39, 0.29) is 11.9 Å². The summed E-state index contributed by atoms with van der Waals surface area (Å²) in [5, 5.41) is 11.3. The molecule has 1 amide bonds. The van der Waals surface area contributed by atoms with Gasteiger partial charge < -0.3 is 8.83 Å². The number of aromatic nitrogens is 2. The van der Waals surface area contributed by atoms with Gasteiger partial charge in [-0.25, -0.2) is 0 Å². The molecule has 3 aromatic heterocycles. The van der Waals surface area contributed by atoms with E-state index in [0.29, 0.717) is 10.9 Å². The van der Waals surface area contributed by atoms with E-state index in [1.165, 1.54) is 11.3 Å². The van der Waals surface area contributed by atoms with Crippen LogP contribution in [0, 0.1) is 0 Å². The van der Waals surface area contributed by atoms with Gasteiger partial charge in [0, 0.05) is 0 Å². The van der Waals surface area contributed by atoms with Crippen LogP contribution in [0.1, 0.15) is 16.3 Å². The SMILES string of the molecule is O=C(Nc1nnc(-c2cccs2)o1)c1ccc(C(F)(F)F)o1. The number of furan rings is 1. The number of carbonyl (C=O) groups is 1. The fourth-order valence-electron chi connectivity index (χ4n) is 1.54. The number of hydrogen-bond acceptors (Lipinski definition) is 6. The van der Waals surface area contributed by atoms with Crippen LogP contribution in [-0.4, -0.2) is 16.1 Å². The predicted octanol–water partition coefficient (Wildman–Crippen LogP) is 3.66. The first kappa shape index (κ1) is 14.3. The molecule has 114 valence electrons. The highest BCUT2D eigenvalue weighted by Crippen LogP contribution is 2.31.